The van der Waals surface area contributed by atoms with Crippen molar-refractivity contribution in [3.05, 3.63) is 47.1 Å². The van der Waals surface area contributed by atoms with Gasteiger partial charge in [-0.1, -0.05) is 38.4 Å². The molecule has 26 heavy (non-hydrogen) atoms. The zero-order valence-corrected chi connectivity index (χ0v) is 18.6. The van der Waals surface area contributed by atoms with Gasteiger partial charge in [-0.15, -0.1) is 24.0 Å². The highest BCUT2D eigenvalue weighted by atomic mass is 127. The molecule has 0 aliphatic carbocycles. The number of rotatable bonds is 6. The highest BCUT2D eigenvalue weighted by molar-refractivity contribution is 14.0. The molecule has 1 aromatic heterocycles. The number of ether oxygens (including phenoxy) is 1. The monoisotopic (exact) mass is 492 g/mol. The summed E-state index contributed by atoms with van der Waals surface area (Å²) in [5, 5.41) is 6.99. The van der Waals surface area contributed by atoms with Gasteiger partial charge in [-0.25, -0.2) is 4.98 Å². The summed E-state index contributed by atoms with van der Waals surface area (Å²) < 4.78 is 11.4. The summed E-state index contributed by atoms with van der Waals surface area (Å²) in [5.41, 5.74) is -0.0527. The highest BCUT2D eigenvalue weighted by Gasteiger charge is 2.19. The van der Waals surface area contributed by atoms with Gasteiger partial charge in [0, 0.05) is 17.5 Å². The van der Waals surface area contributed by atoms with Gasteiger partial charge in [0.25, 0.3) is 0 Å². The van der Waals surface area contributed by atoms with Crippen LogP contribution in [0.3, 0.4) is 0 Å². The van der Waals surface area contributed by atoms with Crippen molar-refractivity contribution in [1.29, 1.82) is 0 Å². The number of oxazole rings is 1. The van der Waals surface area contributed by atoms with Gasteiger partial charge in [-0.3, -0.25) is 4.99 Å². The molecule has 1 heterocycles. The van der Waals surface area contributed by atoms with E-state index in [1.807, 2.05) is 18.2 Å². The number of nitrogens with zero attached hydrogens (tertiary/aromatic N) is 2. The Balaban J connectivity index is 0.00000338. The molecule has 2 rings (SSSR count). The second-order valence-electron chi connectivity index (χ2n) is 6.53. The van der Waals surface area contributed by atoms with Gasteiger partial charge >= 0.3 is 0 Å². The Bertz CT molecular complexity index is 713. The van der Waals surface area contributed by atoms with E-state index in [9.17, 15) is 0 Å². The predicted molar refractivity (Wildman–Crippen MR) is 116 cm³/mol. The van der Waals surface area contributed by atoms with E-state index in [0.717, 1.165) is 11.5 Å². The lowest BCUT2D eigenvalue weighted by molar-refractivity contribution is 0.321. The number of hydrogen-bond donors (Lipinski definition) is 2. The van der Waals surface area contributed by atoms with Crippen molar-refractivity contribution in [2.45, 2.75) is 32.7 Å². The first-order chi connectivity index (χ1) is 11.9. The van der Waals surface area contributed by atoms with Crippen molar-refractivity contribution in [1.82, 2.24) is 15.6 Å². The third kappa shape index (κ3) is 7.41. The molecule has 0 spiro atoms. The van der Waals surface area contributed by atoms with E-state index in [4.69, 9.17) is 20.8 Å². The maximum Gasteiger partial charge on any atom is 0.213 e. The molecule has 0 unspecified atom stereocenters. The summed E-state index contributed by atoms with van der Waals surface area (Å²) in [7, 11) is 1.71. The molecule has 0 saturated carbocycles. The van der Waals surface area contributed by atoms with Crippen LogP contribution in [0.15, 0.2) is 39.9 Å². The van der Waals surface area contributed by atoms with Crippen LogP contribution >= 0.6 is 35.6 Å². The fourth-order valence-electron chi connectivity index (χ4n) is 2.01. The van der Waals surface area contributed by atoms with E-state index in [0.29, 0.717) is 36.6 Å². The summed E-state index contributed by atoms with van der Waals surface area (Å²) in [5.74, 6) is 2.89. The number of halogens is 2. The number of aromatic nitrogens is 1. The molecule has 0 aliphatic rings. The Morgan fingerprint density at radius 2 is 2.08 bits per heavy atom. The summed E-state index contributed by atoms with van der Waals surface area (Å²) in [4.78, 5) is 8.45. The van der Waals surface area contributed by atoms with Gasteiger partial charge in [0.15, 0.2) is 5.96 Å². The van der Waals surface area contributed by atoms with Gasteiger partial charge in [0.05, 0.1) is 19.3 Å². The fraction of sp³-hybridized carbons (Fsp3) is 0.444. The normalized spacial score (nSPS) is 11.7. The first-order valence-electron chi connectivity index (χ1n) is 8.16. The van der Waals surface area contributed by atoms with Crippen LogP contribution in [0.1, 0.15) is 32.4 Å². The molecule has 8 heteroatoms. The van der Waals surface area contributed by atoms with E-state index in [-0.39, 0.29) is 29.4 Å². The molecule has 0 aliphatic heterocycles. The second kappa shape index (κ2) is 10.6. The first-order valence-corrected chi connectivity index (χ1v) is 8.54. The molecule has 0 radical (unpaired) electrons. The van der Waals surface area contributed by atoms with Gasteiger partial charge in [0.1, 0.15) is 18.1 Å². The molecule has 0 atom stereocenters. The molecule has 2 N–H and O–H groups in total. The largest absolute Gasteiger partial charge is 0.492 e. The molecule has 0 fully saturated rings. The molecule has 144 valence electrons. The van der Waals surface area contributed by atoms with E-state index in [1.165, 1.54) is 0 Å². The van der Waals surface area contributed by atoms with Gasteiger partial charge in [-0.05, 0) is 18.2 Å². The average Bonchev–Trinajstić information content (AvgIpc) is 3.03. The maximum absolute atomic E-state index is 5.92. The first kappa shape index (κ1) is 22.6. The zero-order chi connectivity index (χ0) is 18.3. The number of hydrogen-bond acceptors (Lipinski definition) is 4. The van der Waals surface area contributed by atoms with Crippen LogP contribution in [-0.4, -0.2) is 31.1 Å². The summed E-state index contributed by atoms with van der Waals surface area (Å²) in [6, 6.07) is 7.32. The van der Waals surface area contributed by atoms with Crippen molar-refractivity contribution < 1.29 is 9.15 Å². The van der Waals surface area contributed by atoms with Crippen LogP contribution < -0.4 is 15.4 Å². The summed E-state index contributed by atoms with van der Waals surface area (Å²) in [6.07, 6.45) is 1.77. The van der Waals surface area contributed by atoms with E-state index < -0.39 is 0 Å². The minimum absolute atomic E-state index is 0. The zero-order valence-electron chi connectivity index (χ0n) is 15.5. The van der Waals surface area contributed by atoms with Crippen LogP contribution in [0.4, 0.5) is 0 Å². The lowest BCUT2D eigenvalue weighted by atomic mass is 9.94. The van der Waals surface area contributed by atoms with Crippen LogP contribution in [0.25, 0.3) is 0 Å². The molecule has 2 aromatic rings. The van der Waals surface area contributed by atoms with Crippen molar-refractivity contribution in [2.24, 2.45) is 4.99 Å². The summed E-state index contributed by atoms with van der Waals surface area (Å²) >= 11 is 5.92. The summed E-state index contributed by atoms with van der Waals surface area (Å²) in [6.45, 7) is 7.82. The van der Waals surface area contributed by atoms with E-state index in [2.05, 4.69) is 41.4 Å². The van der Waals surface area contributed by atoms with Gasteiger partial charge in [-0.2, -0.15) is 0 Å². The van der Waals surface area contributed by atoms with Crippen LogP contribution in [0.2, 0.25) is 5.02 Å². The van der Waals surface area contributed by atoms with Crippen LogP contribution in [0, 0.1) is 0 Å². The SMILES string of the molecule is CN=C(NCCOc1cccc(Cl)c1)NCc1ncc(C(C)(C)C)o1.I. The number of aliphatic imine (C=N–C) groups is 1. The number of guanidine groups is 1. The van der Waals surface area contributed by atoms with Crippen LogP contribution in [0.5, 0.6) is 5.75 Å². The fourth-order valence-corrected chi connectivity index (χ4v) is 2.19. The Hall–Kier alpha value is -1.48. The lowest BCUT2D eigenvalue weighted by Gasteiger charge is -2.13. The molecule has 6 nitrogen and oxygen atoms in total. The number of benzene rings is 1. The maximum atomic E-state index is 5.92. The molecular weight excluding hydrogens is 467 g/mol. The quantitative estimate of drug-likeness (QED) is 0.276. The van der Waals surface area contributed by atoms with Gasteiger partial charge < -0.3 is 19.8 Å². The standard InChI is InChI=1S/C18H25ClN4O2.HI/c1-18(2,3)15-11-22-16(25-15)12-23-17(20-4)21-8-9-24-14-7-5-6-13(19)10-14;/h5-7,10-11H,8-9,12H2,1-4H3,(H2,20,21,23);1H. The smallest absolute Gasteiger partial charge is 0.213 e. The minimum Gasteiger partial charge on any atom is -0.492 e. The molecule has 0 amide bonds. The Morgan fingerprint density at radius 1 is 1.31 bits per heavy atom. The molecule has 1 aromatic carbocycles. The van der Waals surface area contributed by atoms with Crippen molar-refractivity contribution >= 4 is 41.5 Å². The van der Waals surface area contributed by atoms with Crippen LogP contribution in [-0.2, 0) is 12.0 Å². The lowest BCUT2D eigenvalue weighted by Crippen LogP contribution is -2.38. The Morgan fingerprint density at radius 3 is 2.69 bits per heavy atom. The Kier molecular flexibility index (Phi) is 9.21. The third-order valence-corrected chi connectivity index (χ3v) is 3.62. The van der Waals surface area contributed by atoms with Gasteiger partial charge in [0.2, 0.25) is 5.89 Å². The second-order valence-corrected chi connectivity index (χ2v) is 6.96. The highest BCUT2D eigenvalue weighted by Crippen LogP contribution is 2.22. The minimum atomic E-state index is -0.0527. The number of nitrogens with one attached hydrogen (secondary N) is 2. The van der Waals surface area contributed by atoms with E-state index >= 15 is 0 Å². The third-order valence-electron chi connectivity index (χ3n) is 3.38. The van der Waals surface area contributed by atoms with Crippen molar-refractivity contribution in [3.8, 4) is 5.75 Å². The van der Waals surface area contributed by atoms with Crippen molar-refractivity contribution in [3.63, 3.8) is 0 Å². The Labute approximate surface area is 176 Å². The van der Waals surface area contributed by atoms with Crippen molar-refractivity contribution in [2.75, 3.05) is 20.2 Å². The van der Waals surface area contributed by atoms with E-state index in [1.54, 1.807) is 19.3 Å². The molecule has 0 saturated heterocycles. The molecule has 0 bridgehead atoms. The average molecular weight is 493 g/mol. The predicted octanol–water partition coefficient (Wildman–Crippen LogP) is 3.99. The molecular formula is C18H26ClIN4O2. The topological polar surface area (TPSA) is 71.7 Å².